The molecule has 7 heteroatoms. The zero-order valence-electron chi connectivity index (χ0n) is 10.4. The summed E-state index contributed by atoms with van der Waals surface area (Å²) in [6.45, 7) is 0. The van der Waals surface area contributed by atoms with Gasteiger partial charge < -0.3 is 9.84 Å². The van der Waals surface area contributed by atoms with Crippen molar-refractivity contribution in [1.82, 2.24) is 0 Å². The minimum Gasteiger partial charge on any atom is -0.405 e. The summed E-state index contributed by atoms with van der Waals surface area (Å²) in [5.74, 6) is -0.423. The Balaban J connectivity index is 2.41. The van der Waals surface area contributed by atoms with Gasteiger partial charge in [0.1, 0.15) is 11.9 Å². The smallest absolute Gasteiger partial charge is 0.405 e. The van der Waals surface area contributed by atoms with Gasteiger partial charge in [0, 0.05) is 14.5 Å². The molecule has 2 aromatic rings. The van der Waals surface area contributed by atoms with Gasteiger partial charge in [-0.1, -0.05) is 50.1 Å². The number of benzene rings is 2. The molecule has 21 heavy (non-hydrogen) atoms. The Morgan fingerprint density at radius 3 is 2.14 bits per heavy atom. The predicted octanol–water partition coefficient (Wildman–Crippen LogP) is 5.19. The Morgan fingerprint density at radius 2 is 1.57 bits per heavy atom. The maximum atomic E-state index is 12.4. The van der Waals surface area contributed by atoms with E-state index in [4.69, 9.17) is 0 Å². The van der Waals surface area contributed by atoms with E-state index >= 15 is 0 Å². The zero-order valence-corrected chi connectivity index (χ0v) is 13.5. The molecule has 0 bridgehead atoms. The van der Waals surface area contributed by atoms with Gasteiger partial charge in [-0.15, -0.1) is 13.2 Å². The molecule has 0 saturated heterocycles. The van der Waals surface area contributed by atoms with E-state index in [2.05, 4.69) is 36.6 Å². The highest BCUT2D eigenvalue weighted by molar-refractivity contribution is 9.11. The molecular weight excluding hydrogens is 417 g/mol. The number of para-hydroxylation sites is 1. The third-order valence-electron chi connectivity index (χ3n) is 2.64. The number of aliphatic hydroxyl groups excluding tert-OH is 1. The highest BCUT2D eigenvalue weighted by Gasteiger charge is 2.33. The minimum absolute atomic E-state index is 0.0415. The molecule has 0 aliphatic heterocycles. The third kappa shape index (κ3) is 4.46. The molecule has 0 amide bonds. The Kier molecular flexibility index (Phi) is 4.95. The van der Waals surface area contributed by atoms with E-state index in [-0.39, 0.29) is 5.56 Å². The van der Waals surface area contributed by atoms with Crippen molar-refractivity contribution in [3.8, 4) is 5.75 Å². The van der Waals surface area contributed by atoms with Crippen LogP contribution in [0.4, 0.5) is 13.2 Å². The number of alkyl halides is 3. The van der Waals surface area contributed by atoms with Crippen molar-refractivity contribution in [2.24, 2.45) is 0 Å². The van der Waals surface area contributed by atoms with E-state index in [9.17, 15) is 18.3 Å². The number of hydrogen-bond acceptors (Lipinski definition) is 2. The van der Waals surface area contributed by atoms with Gasteiger partial charge in [0.15, 0.2) is 0 Å². The molecule has 0 aliphatic rings. The SMILES string of the molecule is OC(c1cc(Br)cc(Br)c1)c1ccccc1OC(F)(F)F. The van der Waals surface area contributed by atoms with Crippen molar-refractivity contribution >= 4 is 31.9 Å². The quantitative estimate of drug-likeness (QED) is 0.733. The second-order valence-corrected chi connectivity index (χ2v) is 6.02. The molecular formula is C14H9Br2F3O2. The third-order valence-corrected chi connectivity index (χ3v) is 3.56. The van der Waals surface area contributed by atoms with Crippen LogP contribution in [-0.4, -0.2) is 11.5 Å². The molecule has 1 atom stereocenters. The molecule has 2 aromatic carbocycles. The maximum absolute atomic E-state index is 12.4. The Morgan fingerprint density at radius 1 is 1.00 bits per heavy atom. The molecule has 0 fully saturated rings. The van der Waals surface area contributed by atoms with Gasteiger partial charge in [0.25, 0.3) is 0 Å². The fourth-order valence-electron chi connectivity index (χ4n) is 1.84. The number of halogens is 5. The number of aliphatic hydroxyl groups is 1. The van der Waals surface area contributed by atoms with Gasteiger partial charge in [0.05, 0.1) is 0 Å². The van der Waals surface area contributed by atoms with Crippen LogP contribution in [0.1, 0.15) is 17.2 Å². The van der Waals surface area contributed by atoms with Crippen LogP contribution in [0.3, 0.4) is 0 Å². The van der Waals surface area contributed by atoms with Gasteiger partial charge in [-0.2, -0.15) is 0 Å². The van der Waals surface area contributed by atoms with E-state index in [1.165, 1.54) is 24.3 Å². The van der Waals surface area contributed by atoms with Gasteiger partial charge in [-0.25, -0.2) is 0 Å². The second-order valence-electron chi connectivity index (χ2n) is 4.19. The second kappa shape index (κ2) is 6.37. The van der Waals surface area contributed by atoms with Crippen LogP contribution in [0.2, 0.25) is 0 Å². The Bertz CT molecular complexity index is 624. The van der Waals surface area contributed by atoms with Crippen LogP contribution in [0.15, 0.2) is 51.4 Å². The number of ether oxygens (including phenoxy) is 1. The molecule has 2 nitrogen and oxygen atoms in total. The van der Waals surface area contributed by atoms with E-state index in [1.54, 1.807) is 18.2 Å². The Hall–Kier alpha value is -1.05. The first kappa shape index (κ1) is 16.3. The molecule has 1 unspecified atom stereocenters. The minimum atomic E-state index is -4.81. The number of rotatable bonds is 3. The molecule has 0 saturated carbocycles. The first-order valence-corrected chi connectivity index (χ1v) is 7.33. The Labute approximate surface area is 135 Å². The van der Waals surface area contributed by atoms with Crippen LogP contribution >= 0.6 is 31.9 Å². The van der Waals surface area contributed by atoms with E-state index in [0.29, 0.717) is 14.5 Å². The monoisotopic (exact) mass is 424 g/mol. The summed E-state index contributed by atoms with van der Waals surface area (Å²) in [7, 11) is 0. The topological polar surface area (TPSA) is 29.5 Å². The normalized spacial score (nSPS) is 13.0. The van der Waals surface area contributed by atoms with Crippen molar-refractivity contribution in [1.29, 1.82) is 0 Å². The van der Waals surface area contributed by atoms with E-state index in [1.807, 2.05) is 0 Å². The van der Waals surface area contributed by atoms with Gasteiger partial charge in [-0.05, 0) is 29.8 Å². The summed E-state index contributed by atoms with van der Waals surface area (Å²) in [4.78, 5) is 0. The fraction of sp³-hybridized carbons (Fsp3) is 0.143. The largest absolute Gasteiger partial charge is 0.573 e. The molecule has 0 spiro atoms. The van der Waals surface area contributed by atoms with Crippen molar-refractivity contribution in [3.63, 3.8) is 0 Å². The molecule has 0 heterocycles. The highest BCUT2D eigenvalue weighted by Crippen LogP contribution is 2.35. The first-order chi connectivity index (χ1) is 9.76. The van der Waals surface area contributed by atoms with Gasteiger partial charge in [0.2, 0.25) is 0 Å². The average Bonchev–Trinajstić information content (AvgIpc) is 2.35. The summed E-state index contributed by atoms with van der Waals surface area (Å²) in [6, 6.07) is 10.5. The van der Waals surface area contributed by atoms with E-state index in [0.717, 1.165) is 0 Å². The van der Waals surface area contributed by atoms with Gasteiger partial charge in [-0.3, -0.25) is 0 Å². The fourth-order valence-corrected chi connectivity index (χ4v) is 3.17. The lowest BCUT2D eigenvalue weighted by atomic mass is 10.0. The van der Waals surface area contributed by atoms with Crippen molar-refractivity contribution in [2.45, 2.75) is 12.5 Å². The van der Waals surface area contributed by atoms with Crippen molar-refractivity contribution in [2.75, 3.05) is 0 Å². The molecule has 0 radical (unpaired) electrons. The summed E-state index contributed by atoms with van der Waals surface area (Å²) >= 11 is 6.54. The zero-order chi connectivity index (χ0) is 15.6. The van der Waals surface area contributed by atoms with Crippen molar-refractivity contribution < 1.29 is 23.0 Å². The maximum Gasteiger partial charge on any atom is 0.573 e. The van der Waals surface area contributed by atoms with Crippen LogP contribution < -0.4 is 4.74 Å². The van der Waals surface area contributed by atoms with Crippen LogP contribution in [0, 0.1) is 0 Å². The summed E-state index contributed by atoms with van der Waals surface area (Å²) in [6.07, 6.45) is -6.05. The highest BCUT2D eigenvalue weighted by atomic mass is 79.9. The van der Waals surface area contributed by atoms with Crippen molar-refractivity contribution in [3.05, 3.63) is 62.5 Å². The molecule has 0 aromatic heterocycles. The summed E-state index contributed by atoms with van der Waals surface area (Å²) < 4.78 is 42.5. The molecule has 2 rings (SSSR count). The lowest BCUT2D eigenvalue weighted by Gasteiger charge is -2.18. The van der Waals surface area contributed by atoms with E-state index < -0.39 is 18.2 Å². The first-order valence-electron chi connectivity index (χ1n) is 5.75. The van der Waals surface area contributed by atoms with Crippen LogP contribution in [-0.2, 0) is 0 Å². The van der Waals surface area contributed by atoms with Crippen LogP contribution in [0.25, 0.3) is 0 Å². The summed E-state index contributed by atoms with van der Waals surface area (Å²) in [5.41, 5.74) is 0.481. The van der Waals surface area contributed by atoms with Crippen LogP contribution in [0.5, 0.6) is 5.75 Å². The molecule has 112 valence electrons. The standard InChI is InChI=1S/C14H9Br2F3O2/c15-9-5-8(6-10(16)7-9)13(20)11-3-1-2-4-12(11)21-14(17,18)19/h1-7,13,20H. The summed E-state index contributed by atoms with van der Waals surface area (Å²) in [5, 5.41) is 10.3. The molecule has 1 N–H and O–H groups in total. The lowest BCUT2D eigenvalue weighted by molar-refractivity contribution is -0.275. The lowest BCUT2D eigenvalue weighted by Crippen LogP contribution is -2.18. The molecule has 0 aliphatic carbocycles. The average molecular weight is 426 g/mol. The number of hydrogen-bond donors (Lipinski definition) is 1. The van der Waals surface area contributed by atoms with Gasteiger partial charge >= 0.3 is 6.36 Å². The predicted molar refractivity (Wildman–Crippen MR) is 79.0 cm³/mol.